The lowest BCUT2D eigenvalue weighted by atomic mass is 9.99. The number of amides is 1. The summed E-state index contributed by atoms with van der Waals surface area (Å²) in [5.74, 6) is 0.759. The maximum Gasteiger partial charge on any atom is 0.404 e. The van der Waals surface area contributed by atoms with E-state index in [2.05, 4.69) is 10.5 Å². The molecule has 84 valence electrons. The SMILES string of the molecule is CC(C)C(=O)C(C)C.CCOC(N)=O. The predicted octanol–water partition coefficient (Wildman–Crippen LogP) is 1.97. The molecule has 2 N–H and O–H groups in total. The lowest BCUT2D eigenvalue weighted by Gasteiger charge is -2.05. The molecule has 0 aromatic heterocycles. The molecule has 0 heterocycles. The summed E-state index contributed by atoms with van der Waals surface area (Å²) in [4.78, 5) is 20.4. The Labute approximate surface area is 85.8 Å². The third kappa shape index (κ3) is 10.9. The molecule has 0 aliphatic heterocycles. The van der Waals surface area contributed by atoms with Gasteiger partial charge in [-0.25, -0.2) is 4.79 Å². The van der Waals surface area contributed by atoms with Crippen LogP contribution in [0.1, 0.15) is 34.6 Å². The highest BCUT2D eigenvalue weighted by atomic mass is 16.5. The Hall–Kier alpha value is -1.06. The third-order valence-electron chi connectivity index (χ3n) is 1.42. The third-order valence-corrected chi connectivity index (χ3v) is 1.42. The van der Waals surface area contributed by atoms with Crippen molar-refractivity contribution in [3.05, 3.63) is 0 Å². The van der Waals surface area contributed by atoms with Gasteiger partial charge in [-0.1, -0.05) is 27.7 Å². The van der Waals surface area contributed by atoms with E-state index in [9.17, 15) is 9.59 Å². The molecule has 14 heavy (non-hydrogen) atoms. The first-order valence-corrected chi connectivity index (χ1v) is 4.78. The molecular weight excluding hydrogens is 182 g/mol. The molecule has 4 nitrogen and oxygen atoms in total. The number of carbonyl (C=O) groups excluding carboxylic acids is 2. The van der Waals surface area contributed by atoms with E-state index in [1.165, 1.54) is 0 Å². The molecule has 0 radical (unpaired) electrons. The van der Waals surface area contributed by atoms with Gasteiger partial charge in [0, 0.05) is 11.8 Å². The van der Waals surface area contributed by atoms with Gasteiger partial charge in [0.25, 0.3) is 0 Å². The van der Waals surface area contributed by atoms with Gasteiger partial charge in [-0.15, -0.1) is 0 Å². The highest BCUT2D eigenvalue weighted by Gasteiger charge is 2.09. The number of Topliss-reactive ketones (excluding diaryl/α,β-unsaturated/α-hetero) is 1. The molecule has 0 aliphatic carbocycles. The summed E-state index contributed by atoms with van der Waals surface area (Å²) >= 11 is 0. The second kappa shape index (κ2) is 8.53. The highest BCUT2D eigenvalue weighted by Crippen LogP contribution is 2.03. The molecule has 0 aromatic carbocycles. The lowest BCUT2D eigenvalue weighted by Crippen LogP contribution is -2.13. The van der Waals surface area contributed by atoms with E-state index in [0.29, 0.717) is 12.4 Å². The van der Waals surface area contributed by atoms with Crippen LogP contribution in [0, 0.1) is 11.8 Å². The van der Waals surface area contributed by atoms with Crippen LogP contribution in [0.15, 0.2) is 0 Å². The Morgan fingerprint density at radius 2 is 1.50 bits per heavy atom. The average Bonchev–Trinajstić information content (AvgIpc) is 2.03. The van der Waals surface area contributed by atoms with Crippen molar-refractivity contribution in [2.24, 2.45) is 17.6 Å². The fourth-order valence-corrected chi connectivity index (χ4v) is 0.809. The molecule has 0 unspecified atom stereocenters. The number of hydrogen-bond acceptors (Lipinski definition) is 3. The Balaban J connectivity index is 0. The second-order valence-corrected chi connectivity index (χ2v) is 3.46. The molecule has 0 saturated carbocycles. The summed E-state index contributed by atoms with van der Waals surface area (Å²) in [6.45, 7) is 9.79. The minimum Gasteiger partial charge on any atom is -0.450 e. The fraction of sp³-hybridized carbons (Fsp3) is 0.800. The average molecular weight is 203 g/mol. The van der Waals surface area contributed by atoms with E-state index in [4.69, 9.17) is 0 Å². The summed E-state index contributed by atoms with van der Waals surface area (Å²) < 4.78 is 4.18. The minimum atomic E-state index is -0.711. The van der Waals surface area contributed by atoms with Crippen molar-refractivity contribution >= 4 is 11.9 Å². The highest BCUT2D eigenvalue weighted by molar-refractivity contribution is 5.81. The van der Waals surface area contributed by atoms with E-state index in [1.54, 1.807) is 6.92 Å². The number of rotatable bonds is 3. The smallest absolute Gasteiger partial charge is 0.404 e. The molecule has 0 aromatic rings. The van der Waals surface area contributed by atoms with Crippen molar-refractivity contribution in [3.8, 4) is 0 Å². The van der Waals surface area contributed by atoms with Crippen LogP contribution in [-0.2, 0) is 9.53 Å². The molecule has 0 saturated heterocycles. The first-order valence-electron chi connectivity index (χ1n) is 4.78. The van der Waals surface area contributed by atoms with Crippen molar-refractivity contribution in [2.75, 3.05) is 6.61 Å². The van der Waals surface area contributed by atoms with E-state index >= 15 is 0 Å². The topological polar surface area (TPSA) is 69.4 Å². The summed E-state index contributed by atoms with van der Waals surface area (Å²) in [7, 11) is 0. The number of ketones is 1. The summed E-state index contributed by atoms with van der Waals surface area (Å²) in [6.07, 6.45) is -0.711. The second-order valence-electron chi connectivity index (χ2n) is 3.46. The zero-order valence-corrected chi connectivity index (χ0v) is 9.66. The first-order chi connectivity index (χ1) is 6.32. The maximum absolute atomic E-state index is 10.8. The van der Waals surface area contributed by atoms with Crippen LogP contribution in [0.5, 0.6) is 0 Å². The summed E-state index contributed by atoms with van der Waals surface area (Å²) in [5, 5.41) is 0. The van der Waals surface area contributed by atoms with Gasteiger partial charge in [0.1, 0.15) is 5.78 Å². The number of carbonyl (C=O) groups is 2. The first kappa shape index (κ1) is 15.4. The van der Waals surface area contributed by atoms with Gasteiger partial charge < -0.3 is 10.5 Å². The summed E-state index contributed by atoms with van der Waals surface area (Å²) in [5.41, 5.74) is 4.54. The number of nitrogens with two attached hydrogens (primary N) is 1. The molecule has 1 amide bonds. The Morgan fingerprint density at radius 1 is 1.14 bits per heavy atom. The molecule has 0 spiro atoms. The Bertz CT molecular complexity index is 166. The molecule has 0 rings (SSSR count). The number of hydrogen-bond donors (Lipinski definition) is 1. The van der Waals surface area contributed by atoms with E-state index < -0.39 is 6.09 Å². The molecule has 0 fully saturated rings. The molecule has 0 atom stereocenters. The van der Waals surface area contributed by atoms with Crippen LogP contribution in [-0.4, -0.2) is 18.5 Å². The Kier molecular flexibility index (Phi) is 9.40. The van der Waals surface area contributed by atoms with Crippen LogP contribution in [0.25, 0.3) is 0 Å². The Morgan fingerprint density at radius 3 is 1.50 bits per heavy atom. The molecular formula is C10H21NO3. The van der Waals surface area contributed by atoms with Crippen molar-refractivity contribution < 1.29 is 14.3 Å². The predicted molar refractivity (Wildman–Crippen MR) is 55.9 cm³/mol. The normalized spacial score (nSPS) is 9.36. The van der Waals surface area contributed by atoms with Crippen LogP contribution < -0.4 is 5.73 Å². The quantitative estimate of drug-likeness (QED) is 0.762. The van der Waals surface area contributed by atoms with Gasteiger partial charge in [-0.3, -0.25) is 4.79 Å². The van der Waals surface area contributed by atoms with Crippen molar-refractivity contribution in [2.45, 2.75) is 34.6 Å². The largest absolute Gasteiger partial charge is 0.450 e. The van der Waals surface area contributed by atoms with Gasteiger partial charge in [0.05, 0.1) is 6.61 Å². The van der Waals surface area contributed by atoms with E-state index in [1.807, 2.05) is 27.7 Å². The van der Waals surface area contributed by atoms with Gasteiger partial charge in [0.2, 0.25) is 0 Å². The summed E-state index contributed by atoms with van der Waals surface area (Å²) in [6, 6.07) is 0. The van der Waals surface area contributed by atoms with Gasteiger partial charge in [0.15, 0.2) is 0 Å². The zero-order valence-electron chi connectivity index (χ0n) is 9.66. The van der Waals surface area contributed by atoms with E-state index in [0.717, 1.165) is 0 Å². The number of primary amides is 1. The van der Waals surface area contributed by atoms with Crippen LogP contribution in [0.2, 0.25) is 0 Å². The lowest BCUT2D eigenvalue weighted by molar-refractivity contribution is -0.124. The zero-order chi connectivity index (χ0) is 11.7. The van der Waals surface area contributed by atoms with Gasteiger partial charge >= 0.3 is 6.09 Å². The number of ether oxygens (including phenoxy) is 1. The molecule has 4 heteroatoms. The van der Waals surface area contributed by atoms with Crippen LogP contribution in [0.4, 0.5) is 4.79 Å². The van der Waals surface area contributed by atoms with Crippen LogP contribution >= 0.6 is 0 Å². The molecule has 0 aliphatic rings. The monoisotopic (exact) mass is 203 g/mol. The fourth-order valence-electron chi connectivity index (χ4n) is 0.809. The van der Waals surface area contributed by atoms with Gasteiger partial charge in [-0.2, -0.15) is 0 Å². The van der Waals surface area contributed by atoms with E-state index in [-0.39, 0.29) is 11.8 Å². The van der Waals surface area contributed by atoms with Crippen molar-refractivity contribution in [3.63, 3.8) is 0 Å². The van der Waals surface area contributed by atoms with Crippen LogP contribution in [0.3, 0.4) is 0 Å². The van der Waals surface area contributed by atoms with Crippen molar-refractivity contribution in [1.29, 1.82) is 0 Å². The molecule has 0 bridgehead atoms. The maximum atomic E-state index is 10.8. The van der Waals surface area contributed by atoms with Crippen molar-refractivity contribution in [1.82, 2.24) is 0 Å². The minimum absolute atomic E-state index is 0.204. The van der Waals surface area contributed by atoms with Gasteiger partial charge in [-0.05, 0) is 6.92 Å². The standard InChI is InChI=1S/C7H14O.C3H7NO2/c1-5(2)7(8)6(3)4;1-2-6-3(4)5/h5-6H,1-4H3;2H2,1H3,(H2,4,5).